The minimum Gasteiger partial charge on any atom is -0.497 e. The SMILES string of the molecule is COc1cccc(NC(CN)c2ccc(C)nc2)c1. The summed E-state index contributed by atoms with van der Waals surface area (Å²) in [4.78, 5) is 4.30. The summed E-state index contributed by atoms with van der Waals surface area (Å²) in [6.07, 6.45) is 1.86. The number of pyridine rings is 1. The van der Waals surface area contributed by atoms with Crippen molar-refractivity contribution in [3.8, 4) is 5.75 Å². The zero-order valence-electron chi connectivity index (χ0n) is 11.3. The average Bonchev–Trinajstić information content (AvgIpc) is 2.46. The molecule has 0 aliphatic carbocycles. The fraction of sp³-hybridized carbons (Fsp3) is 0.267. The van der Waals surface area contributed by atoms with Gasteiger partial charge in [-0.25, -0.2) is 0 Å². The van der Waals surface area contributed by atoms with Gasteiger partial charge in [-0.1, -0.05) is 12.1 Å². The van der Waals surface area contributed by atoms with E-state index in [9.17, 15) is 0 Å². The third kappa shape index (κ3) is 3.45. The van der Waals surface area contributed by atoms with Gasteiger partial charge < -0.3 is 15.8 Å². The van der Waals surface area contributed by atoms with E-state index in [2.05, 4.69) is 10.3 Å². The lowest BCUT2D eigenvalue weighted by atomic mass is 10.1. The molecule has 0 saturated carbocycles. The van der Waals surface area contributed by atoms with Gasteiger partial charge in [-0.3, -0.25) is 4.98 Å². The van der Waals surface area contributed by atoms with E-state index in [4.69, 9.17) is 10.5 Å². The molecule has 1 aromatic carbocycles. The Balaban J connectivity index is 2.16. The van der Waals surface area contributed by atoms with Gasteiger partial charge in [-0.15, -0.1) is 0 Å². The monoisotopic (exact) mass is 257 g/mol. The predicted molar refractivity (Wildman–Crippen MR) is 77.4 cm³/mol. The first-order valence-electron chi connectivity index (χ1n) is 6.26. The van der Waals surface area contributed by atoms with Crippen LogP contribution in [0.3, 0.4) is 0 Å². The normalized spacial score (nSPS) is 11.9. The van der Waals surface area contributed by atoms with Crippen LogP contribution >= 0.6 is 0 Å². The van der Waals surface area contributed by atoms with Crippen molar-refractivity contribution in [1.82, 2.24) is 4.98 Å². The van der Waals surface area contributed by atoms with Gasteiger partial charge in [0, 0.05) is 30.2 Å². The molecule has 0 bridgehead atoms. The van der Waals surface area contributed by atoms with Crippen molar-refractivity contribution in [3.63, 3.8) is 0 Å². The van der Waals surface area contributed by atoms with E-state index in [1.165, 1.54) is 0 Å². The summed E-state index contributed by atoms with van der Waals surface area (Å²) in [7, 11) is 1.66. The molecule has 1 aromatic heterocycles. The summed E-state index contributed by atoms with van der Waals surface area (Å²) in [6, 6.07) is 11.9. The van der Waals surface area contributed by atoms with Crippen LogP contribution in [0.15, 0.2) is 42.6 Å². The molecule has 0 radical (unpaired) electrons. The van der Waals surface area contributed by atoms with Gasteiger partial charge in [0.15, 0.2) is 0 Å². The Labute approximate surface area is 113 Å². The van der Waals surface area contributed by atoms with Crippen LogP contribution in [0.1, 0.15) is 17.3 Å². The number of nitrogens with zero attached hydrogens (tertiary/aromatic N) is 1. The van der Waals surface area contributed by atoms with Gasteiger partial charge >= 0.3 is 0 Å². The van der Waals surface area contributed by atoms with E-state index in [-0.39, 0.29) is 6.04 Å². The third-order valence-corrected chi connectivity index (χ3v) is 2.98. The van der Waals surface area contributed by atoms with Crippen molar-refractivity contribution in [1.29, 1.82) is 0 Å². The lowest BCUT2D eigenvalue weighted by Gasteiger charge is -2.18. The molecule has 0 fully saturated rings. The van der Waals surface area contributed by atoms with Crippen LogP contribution in [-0.4, -0.2) is 18.6 Å². The molecular weight excluding hydrogens is 238 g/mol. The molecule has 1 unspecified atom stereocenters. The molecule has 0 aliphatic rings. The highest BCUT2D eigenvalue weighted by Gasteiger charge is 2.10. The maximum absolute atomic E-state index is 5.84. The van der Waals surface area contributed by atoms with Gasteiger partial charge in [0.2, 0.25) is 0 Å². The number of ether oxygens (including phenoxy) is 1. The summed E-state index contributed by atoms with van der Waals surface area (Å²) < 4.78 is 5.21. The van der Waals surface area contributed by atoms with Crippen molar-refractivity contribution in [2.75, 3.05) is 19.0 Å². The lowest BCUT2D eigenvalue weighted by Crippen LogP contribution is -2.20. The fourth-order valence-electron chi connectivity index (χ4n) is 1.88. The first kappa shape index (κ1) is 13.4. The Kier molecular flexibility index (Phi) is 4.36. The average molecular weight is 257 g/mol. The van der Waals surface area contributed by atoms with Crippen molar-refractivity contribution >= 4 is 5.69 Å². The number of aromatic nitrogens is 1. The van der Waals surface area contributed by atoms with Crippen LogP contribution in [-0.2, 0) is 0 Å². The van der Waals surface area contributed by atoms with E-state index in [1.807, 2.05) is 49.5 Å². The number of methoxy groups -OCH3 is 1. The zero-order chi connectivity index (χ0) is 13.7. The molecular formula is C15H19N3O. The van der Waals surface area contributed by atoms with E-state index in [0.29, 0.717) is 6.54 Å². The number of aryl methyl sites for hydroxylation is 1. The maximum Gasteiger partial charge on any atom is 0.120 e. The molecule has 0 spiro atoms. The molecule has 4 nitrogen and oxygen atoms in total. The highest BCUT2D eigenvalue weighted by Crippen LogP contribution is 2.22. The van der Waals surface area contributed by atoms with Gasteiger partial charge in [0.25, 0.3) is 0 Å². The molecule has 0 aliphatic heterocycles. The van der Waals surface area contributed by atoms with Gasteiger partial charge in [0.1, 0.15) is 5.75 Å². The second kappa shape index (κ2) is 6.20. The molecule has 1 atom stereocenters. The van der Waals surface area contributed by atoms with Crippen LogP contribution in [0, 0.1) is 6.92 Å². The van der Waals surface area contributed by atoms with E-state index >= 15 is 0 Å². The predicted octanol–water partition coefficient (Wildman–Crippen LogP) is 2.51. The van der Waals surface area contributed by atoms with E-state index in [1.54, 1.807) is 7.11 Å². The van der Waals surface area contributed by atoms with Crippen LogP contribution in [0.4, 0.5) is 5.69 Å². The Bertz CT molecular complexity index is 525. The van der Waals surface area contributed by atoms with Crippen LogP contribution in [0.25, 0.3) is 0 Å². The highest BCUT2D eigenvalue weighted by atomic mass is 16.5. The minimum atomic E-state index is 0.0419. The van der Waals surface area contributed by atoms with E-state index in [0.717, 1.165) is 22.7 Å². The van der Waals surface area contributed by atoms with Crippen molar-refractivity contribution < 1.29 is 4.74 Å². The summed E-state index contributed by atoms with van der Waals surface area (Å²) in [6.45, 7) is 2.47. The topological polar surface area (TPSA) is 60.2 Å². The van der Waals surface area contributed by atoms with Gasteiger partial charge in [-0.2, -0.15) is 0 Å². The second-order valence-corrected chi connectivity index (χ2v) is 4.40. The molecule has 3 N–H and O–H groups in total. The quantitative estimate of drug-likeness (QED) is 0.864. The second-order valence-electron chi connectivity index (χ2n) is 4.40. The molecule has 2 aromatic rings. The number of hydrogen-bond donors (Lipinski definition) is 2. The molecule has 0 amide bonds. The number of rotatable bonds is 5. The van der Waals surface area contributed by atoms with Gasteiger partial charge in [-0.05, 0) is 30.7 Å². The Morgan fingerprint density at radius 1 is 1.32 bits per heavy atom. The number of anilines is 1. The summed E-state index contributed by atoms with van der Waals surface area (Å²) in [5.74, 6) is 0.822. The maximum atomic E-state index is 5.84. The lowest BCUT2D eigenvalue weighted by molar-refractivity contribution is 0.415. The minimum absolute atomic E-state index is 0.0419. The summed E-state index contributed by atoms with van der Waals surface area (Å²) in [5.41, 5.74) is 8.90. The van der Waals surface area contributed by atoms with Crippen LogP contribution < -0.4 is 15.8 Å². The number of benzene rings is 1. The molecule has 2 rings (SSSR count). The number of nitrogens with two attached hydrogens (primary N) is 1. The number of hydrogen-bond acceptors (Lipinski definition) is 4. The Morgan fingerprint density at radius 2 is 2.16 bits per heavy atom. The van der Waals surface area contributed by atoms with Gasteiger partial charge in [0.05, 0.1) is 13.2 Å². The molecule has 100 valence electrons. The molecule has 1 heterocycles. The largest absolute Gasteiger partial charge is 0.497 e. The van der Waals surface area contributed by atoms with Crippen molar-refractivity contribution in [2.24, 2.45) is 5.73 Å². The summed E-state index contributed by atoms with van der Waals surface area (Å²) in [5, 5.41) is 3.39. The van der Waals surface area contributed by atoms with Crippen LogP contribution in [0.2, 0.25) is 0 Å². The van der Waals surface area contributed by atoms with Crippen molar-refractivity contribution in [3.05, 3.63) is 53.9 Å². The smallest absolute Gasteiger partial charge is 0.120 e. The molecule has 19 heavy (non-hydrogen) atoms. The Hall–Kier alpha value is -2.07. The molecule has 0 saturated heterocycles. The number of nitrogens with one attached hydrogen (secondary N) is 1. The van der Waals surface area contributed by atoms with Crippen molar-refractivity contribution in [2.45, 2.75) is 13.0 Å². The zero-order valence-corrected chi connectivity index (χ0v) is 11.3. The fourth-order valence-corrected chi connectivity index (χ4v) is 1.88. The third-order valence-electron chi connectivity index (χ3n) is 2.98. The van der Waals surface area contributed by atoms with E-state index < -0.39 is 0 Å². The Morgan fingerprint density at radius 3 is 2.79 bits per heavy atom. The first-order valence-corrected chi connectivity index (χ1v) is 6.26. The standard InChI is InChI=1S/C15H19N3O/c1-11-6-7-12(10-17-11)15(9-16)18-13-4-3-5-14(8-13)19-2/h3-8,10,15,18H,9,16H2,1-2H3. The highest BCUT2D eigenvalue weighted by molar-refractivity contribution is 5.49. The summed E-state index contributed by atoms with van der Waals surface area (Å²) >= 11 is 0. The first-order chi connectivity index (χ1) is 9.22. The van der Waals surface area contributed by atoms with Crippen LogP contribution in [0.5, 0.6) is 5.75 Å². The molecule has 4 heteroatoms.